The number of anilines is 2. The normalized spacial score (nSPS) is 17.2. The average molecular weight is 559 g/mol. The molecule has 2 aromatic heterocycles. The van der Waals surface area contributed by atoms with Gasteiger partial charge in [0.05, 0.1) is 26.0 Å². The number of hydrogen-bond acceptors (Lipinski definition) is 8. The van der Waals surface area contributed by atoms with Gasteiger partial charge in [-0.05, 0) is 60.0 Å². The minimum Gasteiger partial charge on any atom is -0.495 e. The molecule has 2 N–H and O–H groups in total. The molecule has 2 aliphatic rings. The Bertz CT molecular complexity index is 1540. The van der Waals surface area contributed by atoms with Gasteiger partial charge in [-0.2, -0.15) is 0 Å². The van der Waals surface area contributed by atoms with Gasteiger partial charge in [0.15, 0.2) is 0 Å². The zero-order valence-corrected chi connectivity index (χ0v) is 23.5. The first-order valence-electron chi connectivity index (χ1n) is 13.1. The highest BCUT2D eigenvalue weighted by atomic mass is 32.2. The van der Waals surface area contributed by atoms with Crippen molar-refractivity contribution in [2.75, 3.05) is 37.0 Å². The van der Waals surface area contributed by atoms with Crippen molar-refractivity contribution in [2.45, 2.75) is 45.1 Å². The van der Waals surface area contributed by atoms with Crippen LogP contribution in [0.2, 0.25) is 0 Å². The Morgan fingerprint density at radius 3 is 2.90 bits per heavy atom. The average Bonchev–Trinajstić information content (AvgIpc) is 2.98. The summed E-state index contributed by atoms with van der Waals surface area (Å²) in [6.07, 6.45) is 6.11. The number of aromatic amines is 1. The lowest BCUT2D eigenvalue weighted by Gasteiger charge is -2.35. The number of benzene rings is 2. The van der Waals surface area contributed by atoms with Gasteiger partial charge in [0.2, 0.25) is 0 Å². The summed E-state index contributed by atoms with van der Waals surface area (Å²) in [6.45, 7) is 4.08. The molecule has 2 atom stereocenters. The summed E-state index contributed by atoms with van der Waals surface area (Å²) < 4.78 is 11.6. The molecule has 4 aromatic rings. The van der Waals surface area contributed by atoms with E-state index in [-0.39, 0.29) is 17.7 Å². The van der Waals surface area contributed by atoms with E-state index in [1.165, 1.54) is 25.1 Å². The fraction of sp³-hybridized carbons (Fsp3) is 0.267. The standard InChI is InChI=1S/C30H30N4O3S2/c1-3-23(19-14-21(36-2)17-31-16-19)33-20-9-10-26-28(15-20)38-27-8-4-6-22(29(27)39-26)25-18-34(12-13-37-25)24-7-5-11-32-30(24)35/h4-11,14-17,23,25,33H,3,12-13,18H2,1-2H3,(H,32,35). The summed E-state index contributed by atoms with van der Waals surface area (Å²) in [7, 11) is 1.66. The predicted molar refractivity (Wildman–Crippen MR) is 157 cm³/mol. The minimum atomic E-state index is -0.106. The first-order valence-corrected chi connectivity index (χ1v) is 14.7. The van der Waals surface area contributed by atoms with Crippen molar-refractivity contribution >= 4 is 34.9 Å². The van der Waals surface area contributed by atoms with Crippen molar-refractivity contribution in [3.63, 3.8) is 0 Å². The van der Waals surface area contributed by atoms with Crippen LogP contribution in [0.15, 0.2) is 97.6 Å². The van der Waals surface area contributed by atoms with Crippen LogP contribution in [0.1, 0.15) is 36.6 Å². The van der Waals surface area contributed by atoms with E-state index in [1.54, 1.807) is 43.0 Å². The predicted octanol–water partition coefficient (Wildman–Crippen LogP) is 6.54. The Morgan fingerprint density at radius 1 is 1.13 bits per heavy atom. The molecule has 0 bridgehead atoms. The first kappa shape index (κ1) is 25.9. The van der Waals surface area contributed by atoms with Crippen LogP contribution >= 0.6 is 23.5 Å². The Balaban J connectivity index is 1.22. The molecule has 39 heavy (non-hydrogen) atoms. The third-order valence-electron chi connectivity index (χ3n) is 7.06. The Hall–Kier alpha value is -3.40. The lowest BCUT2D eigenvalue weighted by molar-refractivity contribution is 0.0378. The number of aromatic nitrogens is 2. The fourth-order valence-corrected chi connectivity index (χ4v) is 7.49. The van der Waals surface area contributed by atoms with E-state index in [9.17, 15) is 4.79 Å². The smallest absolute Gasteiger partial charge is 0.271 e. The maximum Gasteiger partial charge on any atom is 0.271 e. The maximum absolute atomic E-state index is 12.4. The molecule has 6 rings (SSSR count). The Labute approximate surface area is 236 Å². The zero-order chi connectivity index (χ0) is 26.8. The lowest BCUT2D eigenvalue weighted by Crippen LogP contribution is -2.41. The van der Waals surface area contributed by atoms with Crippen molar-refractivity contribution in [1.29, 1.82) is 0 Å². The molecule has 2 aliphatic heterocycles. The number of rotatable bonds is 7. The second-order valence-electron chi connectivity index (χ2n) is 9.49. The Morgan fingerprint density at radius 2 is 2.05 bits per heavy atom. The van der Waals surface area contributed by atoms with Gasteiger partial charge in [-0.25, -0.2) is 0 Å². The quantitative estimate of drug-likeness (QED) is 0.233. The van der Waals surface area contributed by atoms with E-state index in [0.29, 0.717) is 25.4 Å². The van der Waals surface area contributed by atoms with Crippen LogP contribution in [0.5, 0.6) is 5.75 Å². The topological polar surface area (TPSA) is 79.5 Å². The van der Waals surface area contributed by atoms with Gasteiger partial charge < -0.3 is 24.7 Å². The molecule has 2 aromatic carbocycles. The molecular formula is C30H30N4O3S2. The molecule has 0 aliphatic carbocycles. The van der Waals surface area contributed by atoms with Crippen molar-refractivity contribution in [1.82, 2.24) is 9.97 Å². The number of fused-ring (bicyclic) bond motifs is 2. The van der Waals surface area contributed by atoms with Crippen LogP contribution in [0.3, 0.4) is 0 Å². The van der Waals surface area contributed by atoms with E-state index in [1.807, 2.05) is 24.4 Å². The highest BCUT2D eigenvalue weighted by Crippen LogP contribution is 2.52. The summed E-state index contributed by atoms with van der Waals surface area (Å²) in [4.78, 5) is 26.6. The van der Waals surface area contributed by atoms with E-state index < -0.39 is 0 Å². The monoisotopic (exact) mass is 558 g/mol. The molecule has 0 radical (unpaired) electrons. The van der Waals surface area contributed by atoms with Crippen molar-refractivity contribution in [2.24, 2.45) is 0 Å². The molecular weight excluding hydrogens is 528 g/mol. The van der Waals surface area contributed by atoms with Gasteiger partial charge in [-0.3, -0.25) is 9.78 Å². The molecule has 200 valence electrons. The highest BCUT2D eigenvalue weighted by molar-refractivity contribution is 8.05. The number of nitrogens with one attached hydrogen (secondary N) is 2. The van der Waals surface area contributed by atoms with Crippen LogP contribution in [0.25, 0.3) is 0 Å². The van der Waals surface area contributed by atoms with Gasteiger partial charge in [0, 0.05) is 50.8 Å². The summed E-state index contributed by atoms with van der Waals surface area (Å²) in [5, 5.41) is 3.69. The van der Waals surface area contributed by atoms with Crippen LogP contribution in [-0.2, 0) is 4.74 Å². The molecule has 4 heterocycles. The number of pyridine rings is 2. The molecule has 7 nitrogen and oxygen atoms in total. The van der Waals surface area contributed by atoms with E-state index in [2.05, 4.69) is 63.5 Å². The fourth-order valence-electron chi connectivity index (χ4n) is 5.04. The number of nitrogens with zero attached hydrogens (tertiary/aromatic N) is 2. The molecule has 9 heteroatoms. The zero-order valence-electron chi connectivity index (χ0n) is 21.8. The molecule has 0 amide bonds. The lowest BCUT2D eigenvalue weighted by atomic mass is 10.1. The van der Waals surface area contributed by atoms with Crippen LogP contribution < -0.4 is 20.5 Å². The largest absolute Gasteiger partial charge is 0.495 e. The summed E-state index contributed by atoms with van der Waals surface area (Å²) >= 11 is 3.59. The van der Waals surface area contributed by atoms with E-state index in [0.717, 1.165) is 23.4 Å². The second kappa shape index (κ2) is 11.4. The number of methoxy groups -OCH3 is 1. The first-order chi connectivity index (χ1) is 19.1. The van der Waals surface area contributed by atoms with E-state index in [4.69, 9.17) is 9.47 Å². The number of H-pyrrole nitrogens is 1. The van der Waals surface area contributed by atoms with Crippen molar-refractivity contribution in [3.05, 3.63) is 94.7 Å². The van der Waals surface area contributed by atoms with Gasteiger partial charge in [-0.15, -0.1) is 0 Å². The van der Waals surface area contributed by atoms with Crippen molar-refractivity contribution < 1.29 is 9.47 Å². The third kappa shape index (κ3) is 5.39. The van der Waals surface area contributed by atoms with Crippen LogP contribution in [0.4, 0.5) is 11.4 Å². The maximum atomic E-state index is 12.4. The van der Waals surface area contributed by atoms with Gasteiger partial charge in [0.1, 0.15) is 17.5 Å². The molecule has 0 saturated carbocycles. The summed E-state index contributed by atoms with van der Waals surface area (Å²) in [5.74, 6) is 0.762. The highest BCUT2D eigenvalue weighted by Gasteiger charge is 2.29. The second-order valence-corrected chi connectivity index (χ2v) is 11.6. The van der Waals surface area contributed by atoms with Crippen LogP contribution in [0, 0.1) is 0 Å². The Kier molecular flexibility index (Phi) is 7.54. The summed E-state index contributed by atoms with van der Waals surface area (Å²) in [5.41, 5.74) is 3.98. The SMILES string of the molecule is CCC(Nc1ccc2c(c1)Sc1cccc(C3CN(c4ccc[nH]c4=O)CCO3)c1S2)c1cncc(OC)c1. The molecule has 1 saturated heterocycles. The van der Waals surface area contributed by atoms with Gasteiger partial charge in [0.25, 0.3) is 5.56 Å². The number of ether oxygens (including phenoxy) is 2. The number of hydrogen-bond donors (Lipinski definition) is 2. The minimum absolute atomic E-state index is 0.0653. The van der Waals surface area contributed by atoms with E-state index >= 15 is 0 Å². The third-order valence-corrected chi connectivity index (χ3v) is 9.67. The summed E-state index contributed by atoms with van der Waals surface area (Å²) in [6, 6.07) is 18.9. The van der Waals surface area contributed by atoms with Gasteiger partial charge >= 0.3 is 0 Å². The molecule has 2 unspecified atom stereocenters. The van der Waals surface area contributed by atoms with Crippen LogP contribution in [-0.4, -0.2) is 36.8 Å². The van der Waals surface area contributed by atoms with Gasteiger partial charge in [-0.1, -0.05) is 42.6 Å². The molecule has 0 spiro atoms. The van der Waals surface area contributed by atoms with Crippen molar-refractivity contribution in [3.8, 4) is 5.75 Å². The molecule has 1 fully saturated rings. The number of morpholine rings is 1.